The van der Waals surface area contributed by atoms with Gasteiger partial charge in [0.15, 0.2) is 12.6 Å². The summed E-state index contributed by atoms with van der Waals surface area (Å²) < 4.78 is 24.1. The van der Waals surface area contributed by atoms with E-state index in [0.717, 1.165) is 30.4 Å². The minimum atomic E-state index is -0.457. The van der Waals surface area contributed by atoms with Crippen LogP contribution in [0.4, 0.5) is 0 Å². The van der Waals surface area contributed by atoms with Crippen molar-refractivity contribution in [3.63, 3.8) is 0 Å². The Morgan fingerprint density at radius 3 is 2.17 bits per heavy atom. The lowest BCUT2D eigenvalue weighted by Gasteiger charge is -2.40. The molecule has 0 spiro atoms. The fourth-order valence-corrected chi connectivity index (χ4v) is 4.41. The van der Waals surface area contributed by atoms with E-state index in [1.54, 1.807) is 0 Å². The average molecular weight is 396 g/mol. The number of rotatable bonds is 7. The van der Waals surface area contributed by atoms with Crippen molar-refractivity contribution >= 4 is 5.97 Å². The molecule has 5 atom stereocenters. The molecule has 2 aliphatic rings. The molecular formula is C24H28O5. The summed E-state index contributed by atoms with van der Waals surface area (Å²) in [7, 11) is 0. The molecule has 1 aliphatic heterocycles. The smallest absolute Gasteiger partial charge is 0.302 e. The van der Waals surface area contributed by atoms with Crippen molar-refractivity contribution in [3.8, 4) is 0 Å². The van der Waals surface area contributed by atoms with E-state index in [1.165, 1.54) is 6.92 Å². The summed E-state index contributed by atoms with van der Waals surface area (Å²) in [5, 5.41) is 0. The quantitative estimate of drug-likeness (QED) is 0.647. The van der Waals surface area contributed by atoms with Crippen LogP contribution in [0, 0.1) is 11.8 Å². The summed E-state index contributed by atoms with van der Waals surface area (Å²) in [5.74, 6) is 0.147. The third-order valence-electron chi connectivity index (χ3n) is 5.74. The SMILES string of the molecule is CC(=O)O[C@@H]1CC[C@@H]2CC(OCc3ccccc3)OC(OCc3ccccc3)[C@@H]21. The van der Waals surface area contributed by atoms with E-state index in [0.29, 0.717) is 19.1 Å². The molecule has 4 rings (SSSR count). The van der Waals surface area contributed by atoms with Gasteiger partial charge in [0.1, 0.15) is 6.10 Å². The van der Waals surface area contributed by atoms with Crippen LogP contribution in [0.2, 0.25) is 0 Å². The van der Waals surface area contributed by atoms with Gasteiger partial charge in [-0.25, -0.2) is 0 Å². The fourth-order valence-electron chi connectivity index (χ4n) is 4.41. The molecule has 1 saturated carbocycles. The lowest BCUT2D eigenvalue weighted by Crippen LogP contribution is -2.46. The topological polar surface area (TPSA) is 54.0 Å². The van der Waals surface area contributed by atoms with Gasteiger partial charge in [-0.05, 0) is 29.9 Å². The van der Waals surface area contributed by atoms with Crippen LogP contribution in [-0.4, -0.2) is 24.7 Å². The van der Waals surface area contributed by atoms with Gasteiger partial charge in [0.2, 0.25) is 0 Å². The summed E-state index contributed by atoms with van der Waals surface area (Å²) in [4.78, 5) is 11.6. The predicted octanol–water partition coefficient (Wildman–Crippen LogP) is 4.45. The highest BCUT2D eigenvalue weighted by Crippen LogP contribution is 2.45. The highest BCUT2D eigenvalue weighted by molar-refractivity contribution is 5.66. The highest BCUT2D eigenvalue weighted by atomic mass is 16.8. The van der Waals surface area contributed by atoms with Crippen LogP contribution >= 0.6 is 0 Å². The second-order valence-corrected chi connectivity index (χ2v) is 7.83. The Morgan fingerprint density at radius 2 is 1.55 bits per heavy atom. The number of benzene rings is 2. The zero-order valence-corrected chi connectivity index (χ0v) is 16.7. The van der Waals surface area contributed by atoms with Gasteiger partial charge >= 0.3 is 5.97 Å². The molecule has 1 aliphatic carbocycles. The molecular weight excluding hydrogens is 368 g/mol. The number of carbonyl (C=O) groups excluding carboxylic acids is 1. The fraction of sp³-hybridized carbons (Fsp3) is 0.458. The first kappa shape index (κ1) is 20.1. The zero-order chi connectivity index (χ0) is 20.1. The van der Waals surface area contributed by atoms with Crippen LogP contribution < -0.4 is 0 Å². The second-order valence-electron chi connectivity index (χ2n) is 7.83. The Kier molecular flexibility index (Phi) is 6.60. The Morgan fingerprint density at radius 1 is 0.931 bits per heavy atom. The maximum absolute atomic E-state index is 11.6. The first-order valence-electron chi connectivity index (χ1n) is 10.3. The van der Waals surface area contributed by atoms with Crippen LogP contribution in [0.15, 0.2) is 60.7 Å². The lowest BCUT2D eigenvalue weighted by molar-refractivity contribution is -0.309. The van der Waals surface area contributed by atoms with Crippen LogP contribution in [0.1, 0.15) is 37.3 Å². The van der Waals surface area contributed by atoms with Gasteiger partial charge in [-0.2, -0.15) is 0 Å². The summed E-state index contributed by atoms with van der Waals surface area (Å²) in [5.41, 5.74) is 2.20. The van der Waals surface area contributed by atoms with Crippen molar-refractivity contribution in [3.05, 3.63) is 71.8 Å². The maximum Gasteiger partial charge on any atom is 0.302 e. The molecule has 1 saturated heterocycles. The van der Waals surface area contributed by atoms with Gasteiger partial charge in [0, 0.05) is 13.3 Å². The van der Waals surface area contributed by atoms with Gasteiger partial charge in [-0.15, -0.1) is 0 Å². The molecule has 0 radical (unpaired) electrons. The second kappa shape index (κ2) is 9.53. The molecule has 154 valence electrons. The minimum absolute atomic E-state index is 0.0409. The maximum atomic E-state index is 11.6. The van der Waals surface area contributed by atoms with Crippen molar-refractivity contribution in [1.29, 1.82) is 0 Å². The number of esters is 1. The highest BCUT2D eigenvalue weighted by Gasteiger charge is 2.49. The van der Waals surface area contributed by atoms with Crippen LogP contribution in [-0.2, 0) is 37.0 Å². The molecule has 1 heterocycles. The number of ether oxygens (including phenoxy) is 4. The molecule has 0 amide bonds. The molecule has 2 aromatic rings. The van der Waals surface area contributed by atoms with E-state index in [9.17, 15) is 4.79 Å². The van der Waals surface area contributed by atoms with Gasteiger partial charge in [0.05, 0.1) is 19.1 Å². The van der Waals surface area contributed by atoms with Crippen LogP contribution in [0.25, 0.3) is 0 Å². The molecule has 29 heavy (non-hydrogen) atoms. The van der Waals surface area contributed by atoms with Gasteiger partial charge < -0.3 is 18.9 Å². The number of hydrogen-bond donors (Lipinski definition) is 0. The Balaban J connectivity index is 1.43. The minimum Gasteiger partial charge on any atom is -0.462 e. The Hall–Kier alpha value is -2.21. The number of carbonyl (C=O) groups is 1. The first-order chi connectivity index (χ1) is 14.2. The van der Waals surface area contributed by atoms with Crippen molar-refractivity contribution in [2.24, 2.45) is 11.8 Å². The largest absolute Gasteiger partial charge is 0.462 e. The van der Waals surface area contributed by atoms with E-state index >= 15 is 0 Å². The average Bonchev–Trinajstić information content (AvgIpc) is 3.14. The monoisotopic (exact) mass is 396 g/mol. The van der Waals surface area contributed by atoms with Crippen molar-refractivity contribution in [1.82, 2.24) is 0 Å². The van der Waals surface area contributed by atoms with Gasteiger partial charge in [-0.1, -0.05) is 60.7 Å². The molecule has 5 nitrogen and oxygen atoms in total. The van der Waals surface area contributed by atoms with Gasteiger partial charge in [-0.3, -0.25) is 4.79 Å². The van der Waals surface area contributed by atoms with Gasteiger partial charge in [0.25, 0.3) is 0 Å². The third kappa shape index (κ3) is 5.24. The van der Waals surface area contributed by atoms with Crippen molar-refractivity contribution in [2.75, 3.05) is 0 Å². The zero-order valence-electron chi connectivity index (χ0n) is 16.7. The number of hydrogen-bond acceptors (Lipinski definition) is 5. The lowest BCUT2D eigenvalue weighted by atomic mass is 9.88. The number of fused-ring (bicyclic) bond motifs is 1. The molecule has 0 bridgehead atoms. The Bertz CT molecular complexity index is 778. The van der Waals surface area contributed by atoms with Crippen molar-refractivity contribution < 1.29 is 23.7 Å². The van der Waals surface area contributed by atoms with E-state index in [2.05, 4.69) is 0 Å². The molecule has 0 N–H and O–H groups in total. The summed E-state index contributed by atoms with van der Waals surface area (Å²) in [6.07, 6.45) is 1.68. The summed E-state index contributed by atoms with van der Waals surface area (Å²) >= 11 is 0. The molecule has 5 heteroatoms. The molecule has 2 unspecified atom stereocenters. The third-order valence-corrected chi connectivity index (χ3v) is 5.74. The van der Waals surface area contributed by atoms with E-state index in [4.69, 9.17) is 18.9 Å². The molecule has 0 aromatic heterocycles. The van der Waals surface area contributed by atoms with Crippen molar-refractivity contribution in [2.45, 2.75) is 58.1 Å². The summed E-state index contributed by atoms with van der Waals surface area (Å²) in [6, 6.07) is 20.1. The van der Waals surface area contributed by atoms with E-state index in [1.807, 2.05) is 60.7 Å². The molecule has 2 aromatic carbocycles. The Labute approximate surface area is 171 Å². The predicted molar refractivity (Wildman–Crippen MR) is 108 cm³/mol. The van der Waals surface area contributed by atoms with E-state index in [-0.39, 0.29) is 24.3 Å². The van der Waals surface area contributed by atoms with Crippen LogP contribution in [0.5, 0.6) is 0 Å². The summed E-state index contributed by atoms with van der Waals surface area (Å²) in [6.45, 7) is 2.41. The standard InChI is InChI=1S/C24H28O5/c1-17(25)28-21-13-12-20-14-22(26-15-18-8-4-2-5-9-18)29-24(23(20)21)27-16-19-10-6-3-7-11-19/h2-11,20-24H,12-16H2,1H3/t20-,21-,22?,23+,24?/m1/s1. The first-order valence-corrected chi connectivity index (χ1v) is 10.3. The normalized spacial score (nSPS) is 28.7. The van der Waals surface area contributed by atoms with E-state index < -0.39 is 6.29 Å². The molecule has 2 fully saturated rings. The van der Waals surface area contributed by atoms with Crippen LogP contribution in [0.3, 0.4) is 0 Å².